The third kappa shape index (κ3) is 4.04. The van der Waals surface area contributed by atoms with E-state index in [0.717, 1.165) is 34.5 Å². The number of carbonyl (C=O) groups is 1. The van der Waals surface area contributed by atoms with Gasteiger partial charge in [-0.05, 0) is 43.5 Å². The number of nitrogens with zero attached hydrogens (tertiary/aromatic N) is 4. The van der Waals surface area contributed by atoms with Crippen LogP contribution in [0.2, 0.25) is 0 Å². The number of aliphatic hydroxyl groups is 1. The molecule has 1 atom stereocenters. The van der Waals surface area contributed by atoms with E-state index in [9.17, 15) is 9.90 Å². The maximum atomic E-state index is 12.6. The Labute approximate surface area is 180 Å². The minimum absolute atomic E-state index is 0.00563. The number of rotatable bonds is 6. The fourth-order valence-electron chi connectivity index (χ4n) is 3.41. The molecule has 158 valence electrons. The lowest BCUT2D eigenvalue weighted by Crippen LogP contribution is -2.31. The molecule has 0 bridgehead atoms. The van der Waals surface area contributed by atoms with Gasteiger partial charge in [-0.2, -0.15) is 0 Å². The van der Waals surface area contributed by atoms with E-state index in [4.69, 9.17) is 0 Å². The van der Waals surface area contributed by atoms with E-state index in [1.54, 1.807) is 6.33 Å². The Balaban J connectivity index is 1.77. The normalized spacial score (nSPS) is 12.1. The first kappa shape index (κ1) is 20.7. The number of hydrogen-bond acceptors (Lipinski definition) is 5. The van der Waals surface area contributed by atoms with Crippen LogP contribution in [0.4, 0.5) is 0 Å². The van der Waals surface area contributed by atoms with E-state index in [-0.39, 0.29) is 18.6 Å². The summed E-state index contributed by atoms with van der Waals surface area (Å²) in [7, 11) is 0. The van der Waals surface area contributed by atoms with Crippen LogP contribution >= 0.6 is 0 Å². The maximum Gasteiger partial charge on any atom is 0.251 e. The second-order valence-electron chi connectivity index (χ2n) is 7.65. The fourth-order valence-corrected chi connectivity index (χ4v) is 3.41. The Bertz CT molecular complexity index is 1230. The number of fused-ring (bicyclic) bond motifs is 1. The molecular weight excluding hydrogens is 390 g/mol. The zero-order chi connectivity index (χ0) is 22.0. The molecule has 0 aliphatic carbocycles. The second-order valence-corrected chi connectivity index (χ2v) is 7.65. The van der Waals surface area contributed by atoms with Gasteiger partial charge in [0.1, 0.15) is 23.9 Å². The lowest BCUT2D eigenvalue weighted by atomic mass is 10.1. The van der Waals surface area contributed by atoms with Crippen LogP contribution in [-0.2, 0) is 6.61 Å². The third-order valence-electron chi connectivity index (χ3n) is 5.46. The molecule has 7 nitrogen and oxygen atoms in total. The Morgan fingerprint density at radius 2 is 1.90 bits per heavy atom. The number of aliphatic hydroxyl groups excluding tert-OH is 1. The second kappa shape index (κ2) is 8.65. The van der Waals surface area contributed by atoms with Gasteiger partial charge in [0.05, 0.1) is 12.3 Å². The first-order chi connectivity index (χ1) is 15.0. The van der Waals surface area contributed by atoms with Gasteiger partial charge in [-0.15, -0.1) is 0 Å². The summed E-state index contributed by atoms with van der Waals surface area (Å²) in [4.78, 5) is 26.1. The van der Waals surface area contributed by atoms with E-state index >= 15 is 0 Å². The van der Waals surface area contributed by atoms with Crippen LogP contribution in [0, 0.1) is 6.92 Å². The van der Waals surface area contributed by atoms with Crippen LogP contribution < -0.4 is 5.32 Å². The molecule has 7 heteroatoms. The highest BCUT2D eigenvalue weighted by molar-refractivity contribution is 5.95. The van der Waals surface area contributed by atoms with Crippen LogP contribution in [-0.4, -0.2) is 36.6 Å². The van der Waals surface area contributed by atoms with E-state index in [2.05, 4.69) is 20.3 Å². The summed E-state index contributed by atoms with van der Waals surface area (Å²) in [5.41, 5.74) is 6.24. The average Bonchev–Trinajstić information content (AvgIpc) is 3.23. The number of amides is 1. The molecule has 1 amide bonds. The minimum Gasteiger partial charge on any atom is -0.392 e. The number of benzene rings is 2. The molecule has 0 saturated heterocycles. The van der Waals surface area contributed by atoms with Gasteiger partial charge in [0.25, 0.3) is 5.91 Å². The topological polar surface area (TPSA) is 92.9 Å². The van der Waals surface area contributed by atoms with Crippen LogP contribution in [0.1, 0.15) is 41.8 Å². The summed E-state index contributed by atoms with van der Waals surface area (Å²) >= 11 is 0. The largest absolute Gasteiger partial charge is 0.392 e. The first-order valence-electron chi connectivity index (χ1n) is 10.3. The molecule has 2 aromatic heterocycles. The van der Waals surface area contributed by atoms with Crippen molar-refractivity contribution in [3.05, 3.63) is 71.8 Å². The summed E-state index contributed by atoms with van der Waals surface area (Å²) in [5.74, 6) is -0.0979. The van der Waals surface area contributed by atoms with Crippen LogP contribution in [0.15, 0.2) is 55.1 Å². The molecule has 1 unspecified atom stereocenters. The molecule has 31 heavy (non-hydrogen) atoms. The van der Waals surface area contributed by atoms with Crippen molar-refractivity contribution in [3.63, 3.8) is 0 Å². The lowest BCUT2D eigenvalue weighted by molar-refractivity contribution is 0.0939. The van der Waals surface area contributed by atoms with Gasteiger partial charge in [-0.3, -0.25) is 9.36 Å². The number of hydrogen-bond donors (Lipinski definition) is 2. The Morgan fingerprint density at radius 3 is 2.61 bits per heavy atom. The van der Waals surface area contributed by atoms with Gasteiger partial charge in [-0.25, -0.2) is 15.0 Å². The third-order valence-corrected chi connectivity index (χ3v) is 5.46. The summed E-state index contributed by atoms with van der Waals surface area (Å²) < 4.78 is 1.89. The number of carbonyl (C=O) groups excluding carboxylic acids is 1. The van der Waals surface area contributed by atoms with Gasteiger partial charge in [0, 0.05) is 17.2 Å². The molecule has 0 aliphatic rings. The smallest absolute Gasteiger partial charge is 0.251 e. The highest BCUT2D eigenvalue weighted by Gasteiger charge is 2.16. The summed E-state index contributed by atoms with van der Waals surface area (Å²) in [5, 5.41) is 12.3. The van der Waals surface area contributed by atoms with Gasteiger partial charge >= 0.3 is 0 Å². The van der Waals surface area contributed by atoms with Crippen molar-refractivity contribution in [2.24, 2.45) is 0 Å². The SMILES string of the molecule is CCC(C)NC(=O)c1ccc(C)c(-n2cnc3c(-c4ccc(CO)cc4)ncnc32)c1. The molecule has 2 N–H and O–H groups in total. The average molecular weight is 415 g/mol. The summed E-state index contributed by atoms with van der Waals surface area (Å²) in [6, 6.07) is 13.3. The molecule has 0 radical (unpaired) electrons. The molecule has 0 saturated carbocycles. The van der Waals surface area contributed by atoms with Gasteiger partial charge in [0.15, 0.2) is 5.65 Å². The number of nitrogens with one attached hydrogen (secondary N) is 1. The maximum absolute atomic E-state index is 12.6. The Hall–Kier alpha value is -3.58. The zero-order valence-electron chi connectivity index (χ0n) is 17.8. The quantitative estimate of drug-likeness (QED) is 0.499. The van der Waals surface area contributed by atoms with Crippen molar-refractivity contribution in [2.75, 3.05) is 0 Å². The van der Waals surface area contributed by atoms with Crippen molar-refractivity contribution < 1.29 is 9.90 Å². The summed E-state index contributed by atoms with van der Waals surface area (Å²) in [6.45, 7) is 6.02. The first-order valence-corrected chi connectivity index (χ1v) is 10.3. The molecule has 4 rings (SSSR count). The van der Waals surface area contributed by atoms with Gasteiger partial charge < -0.3 is 10.4 Å². The lowest BCUT2D eigenvalue weighted by Gasteiger charge is -2.14. The molecule has 2 aromatic carbocycles. The van der Waals surface area contributed by atoms with Crippen molar-refractivity contribution in [3.8, 4) is 16.9 Å². The predicted molar refractivity (Wildman–Crippen MR) is 120 cm³/mol. The Kier molecular flexibility index (Phi) is 5.77. The van der Waals surface area contributed by atoms with Crippen molar-refractivity contribution in [1.82, 2.24) is 24.8 Å². The minimum atomic E-state index is -0.0979. The molecule has 0 fully saturated rings. The fraction of sp³-hybridized carbons (Fsp3) is 0.250. The van der Waals surface area contributed by atoms with Crippen molar-refractivity contribution in [2.45, 2.75) is 39.8 Å². The number of aryl methyl sites for hydroxylation is 1. The molecular formula is C24H25N5O2. The van der Waals surface area contributed by atoms with Gasteiger partial charge in [-0.1, -0.05) is 37.3 Å². The van der Waals surface area contributed by atoms with E-state index in [0.29, 0.717) is 16.7 Å². The number of imidazole rings is 1. The molecule has 4 aromatic rings. The zero-order valence-corrected chi connectivity index (χ0v) is 17.8. The monoisotopic (exact) mass is 415 g/mol. The molecule has 2 heterocycles. The highest BCUT2D eigenvalue weighted by atomic mass is 16.3. The number of aromatic nitrogens is 4. The predicted octanol–water partition coefficient (Wildman–Crippen LogP) is 3.81. The van der Waals surface area contributed by atoms with Gasteiger partial charge in [0.2, 0.25) is 0 Å². The van der Waals surface area contributed by atoms with Crippen molar-refractivity contribution in [1.29, 1.82) is 0 Å². The van der Waals surface area contributed by atoms with E-state index in [1.807, 2.05) is 67.8 Å². The van der Waals surface area contributed by atoms with Crippen molar-refractivity contribution >= 4 is 17.1 Å². The molecule has 0 spiro atoms. The summed E-state index contributed by atoms with van der Waals surface area (Å²) in [6.07, 6.45) is 4.10. The van der Waals surface area contributed by atoms with Crippen LogP contribution in [0.3, 0.4) is 0 Å². The Morgan fingerprint density at radius 1 is 1.13 bits per heavy atom. The van der Waals surface area contributed by atoms with Crippen LogP contribution in [0.25, 0.3) is 28.1 Å². The standard InChI is InChI=1S/C24H25N5O2/c1-4-16(3)28-24(31)19-8-5-15(2)20(11-19)29-14-27-22-21(25-13-26-23(22)29)18-9-6-17(12-30)7-10-18/h5-11,13-14,16,30H,4,12H2,1-3H3,(H,28,31). The molecule has 0 aliphatic heterocycles. The van der Waals surface area contributed by atoms with E-state index < -0.39 is 0 Å². The van der Waals surface area contributed by atoms with Crippen LogP contribution in [0.5, 0.6) is 0 Å². The van der Waals surface area contributed by atoms with E-state index in [1.165, 1.54) is 6.33 Å². The highest BCUT2D eigenvalue weighted by Crippen LogP contribution is 2.27.